The van der Waals surface area contributed by atoms with Crippen LogP contribution in [0.4, 0.5) is 0 Å². The van der Waals surface area contributed by atoms with E-state index in [1.165, 1.54) is 4.90 Å². The molecule has 1 aromatic carbocycles. The summed E-state index contributed by atoms with van der Waals surface area (Å²) in [5.41, 5.74) is 0. The molecule has 0 N–H and O–H groups in total. The number of hydrogen-bond acceptors (Lipinski definition) is 1. The Kier molecular flexibility index (Phi) is 1.44. The van der Waals surface area contributed by atoms with Crippen LogP contribution in [0, 0.1) is 23.7 Å². The second-order valence-electron chi connectivity index (χ2n) is 5.03. The average molecular weight is 202 g/mol. The van der Waals surface area contributed by atoms with E-state index >= 15 is 0 Å². The molecule has 0 radical (unpaired) electrons. The SMILES string of the molecule is c1ccc(SC2C3CC4C(C3)C42)cc1. The van der Waals surface area contributed by atoms with E-state index in [4.69, 9.17) is 0 Å². The molecule has 14 heavy (non-hydrogen) atoms. The Labute approximate surface area is 89.1 Å². The third kappa shape index (κ3) is 0.916. The van der Waals surface area contributed by atoms with Crippen molar-refractivity contribution in [2.75, 3.05) is 0 Å². The van der Waals surface area contributed by atoms with Gasteiger partial charge in [0.15, 0.2) is 0 Å². The largest absolute Gasteiger partial charge is 0.122 e. The second kappa shape index (κ2) is 2.57. The predicted molar refractivity (Wildman–Crippen MR) is 59.3 cm³/mol. The second-order valence-corrected chi connectivity index (χ2v) is 6.28. The lowest BCUT2D eigenvalue weighted by molar-refractivity contribution is 0.615. The van der Waals surface area contributed by atoms with Crippen molar-refractivity contribution < 1.29 is 0 Å². The van der Waals surface area contributed by atoms with Crippen LogP contribution in [0.1, 0.15) is 12.8 Å². The Balaban J connectivity index is 1.57. The molecule has 3 unspecified atom stereocenters. The quantitative estimate of drug-likeness (QED) is 0.708. The van der Waals surface area contributed by atoms with Crippen molar-refractivity contribution in [1.82, 2.24) is 0 Å². The third-order valence-electron chi connectivity index (χ3n) is 4.41. The zero-order valence-electron chi connectivity index (χ0n) is 8.10. The van der Waals surface area contributed by atoms with E-state index in [0.717, 1.165) is 28.9 Å². The van der Waals surface area contributed by atoms with Gasteiger partial charge in [-0.15, -0.1) is 11.8 Å². The van der Waals surface area contributed by atoms with E-state index < -0.39 is 0 Å². The van der Waals surface area contributed by atoms with E-state index in [1.54, 1.807) is 12.8 Å². The molecule has 5 rings (SSSR count). The fourth-order valence-electron chi connectivity index (χ4n) is 3.83. The Morgan fingerprint density at radius 2 is 1.71 bits per heavy atom. The van der Waals surface area contributed by atoms with Gasteiger partial charge in [-0.05, 0) is 48.6 Å². The topological polar surface area (TPSA) is 0 Å². The first-order valence-corrected chi connectivity index (χ1v) is 6.53. The molecule has 3 atom stereocenters. The van der Waals surface area contributed by atoms with Gasteiger partial charge in [-0.3, -0.25) is 0 Å². The molecular formula is C13H14S. The maximum absolute atomic E-state index is 2.26. The number of rotatable bonds is 2. The fraction of sp³-hybridized carbons (Fsp3) is 0.538. The van der Waals surface area contributed by atoms with Gasteiger partial charge in [-0.25, -0.2) is 0 Å². The van der Waals surface area contributed by atoms with Gasteiger partial charge >= 0.3 is 0 Å². The van der Waals surface area contributed by atoms with E-state index in [-0.39, 0.29) is 0 Å². The maximum atomic E-state index is 2.26. The highest BCUT2D eigenvalue weighted by molar-refractivity contribution is 8.00. The summed E-state index contributed by atoms with van der Waals surface area (Å²) < 4.78 is 0. The summed E-state index contributed by atoms with van der Waals surface area (Å²) in [5.74, 6) is 4.49. The van der Waals surface area contributed by atoms with Crippen LogP contribution >= 0.6 is 11.8 Å². The van der Waals surface area contributed by atoms with Crippen molar-refractivity contribution in [3.8, 4) is 0 Å². The monoisotopic (exact) mass is 202 g/mol. The standard InChI is InChI=1S/C13H14S/c1-2-4-9(5-3-1)14-13-8-6-10-11(7-8)12(10)13/h1-5,8,10-13H,6-7H2. The summed E-state index contributed by atoms with van der Waals surface area (Å²) in [6.07, 6.45) is 3.11. The lowest BCUT2D eigenvalue weighted by atomic mass is 10.1. The molecule has 0 aromatic heterocycles. The van der Waals surface area contributed by atoms with Crippen LogP contribution < -0.4 is 0 Å². The molecule has 4 saturated carbocycles. The first-order valence-electron chi connectivity index (χ1n) is 5.65. The van der Waals surface area contributed by atoms with Gasteiger partial charge in [0.05, 0.1) is 0 Å². The highest BCUT2D eigenvalue weighted by Gasteiger charge is 2.68. The van der Waals surface area contributed by atoms with Crippen LogP contribution in [0.3, 0.4) is 0 Å². The number of benzene rings is 1. The molecule has 1 heteroatoms. The van der Waals surface area contributed by atoms with Crippen LogP contribution in [0.25, 0.3) is 0 Å². The fourth-order valence-corrected chi connectivity index (χ4v) is 5.44. The molecular weight excluding hydrogens is 188 g/mol. The Hall–Kier alpha value is -0.430. The molecule has 0 amide bonds. The predicted octanol–water partition coefficient (Wildman–Crippen LogP) is 3.43. The minimum atomic E-state index is 0.979. The van der Waals surface area contributed by atoms with Crippen molar-refractivity contribution in [2.45, 2.75) is 23.0 Å². The van der Waals surface area contributed by atoms with Crippen LogP contribution in [-0.2, 0) is 0 Å². The molecule has 4 bridgehead atoms. The van der Waals surface area contributed by atoms with E-state index in [0.29, 0.717) is 0 Å². The smallest absolute Gasteiger partial charge is 0.0157 e. The molecule has 0 spiro atoms. The first-order chi connectivity index (χ1) is 6.93. The van der Waals surface area contributed by atoms with E-state index in [2.05, 4.69) is 42.1 Å². The van der Waals surface area contributed by atoms with Gasteiger partial charge in [0, 0.05) is 10.1 Å². The van der Waals surface area contributed by atoms with Crippen LogP contribution in [0.5, 0.6) is 0 Å². The Bertz CT molecular complexity index is 345. The van der Waals surface area contributed by atoms with Gasteiger partial charge in [-0.1, -0.05) is 18.2 Å². The van der Waals surface area contributed by atoms with Gasteiger partial charge in [0.25, 0.3) is 0 Å². The van der Waals surface area contributed by atoms with Gasteiger partial charge in [0.1, 0.15) is 0 Å². The molecule has 1 aromatic rings. The highest BCUT2D eigenvalue weighted by Crippen LogP contribution is 2.73. The molecule has 4 aliphatic carbocycles. The van der Waals surface area contributed by atoms with Crippen molar-refractivity contribution in [3.63, 3.8) is 0 Å². The average Bonchev–Trinajstić information content (AvgIpc) is 2.60. The van der Waals surface area contributed by atoms with Crippen LogP contribution in [-0.4, -0.2) is 5.25 Å². The van der Waals surface area contributed by atoms with Crippen LogP contribution in [0.2, 0.25) is 0 Å². The van der Waals surface area contributed by atoms with Crippen molar-refractivity contribution in [3.05, 3.63) is 30.3 Å². The summed E-state index contributed by atoms with van der Waals surface area (Å²) in [5, 5.41) is 0.979. The highest BCUT2D eigenvalue weighted by atomic mass is 32.2. The normalized spacial score (nSPS) is 47.0. The zero-order valence-corrected chi connectivity index (χ0v) is 8.91. The van der Waals surface area contributed by atoms with Crippen LogP contribution in [0.15, 0.2) is 35.2 Å². The lowest BCUT2D eigenvalue weighted by Gasteiger charge is -2.13. The van der Waals surface area contributed by atoms with Gasteiger partial charge < -0.3 is 0 Å². The first kappa shape index (κ1) is 7.81. The van der Waals surface area contributed by atoms with Crippen molar-refractivity contribution >= 4 is 11.8 Å². The summed E-state index contributed by atoms with van der Waals surface area (Å²) >= 11 is 2.15. The number of thioether (sulfide) groups is 1. The zero-order chi connectivity index (χ0) is 9.12. The minimum absolute atomic E-state index is 0.979. The lowest BCUT2D eigenvalue weighted by Crippen LogP contribution is -2.06. The number of hydrogen-bond donors (Lipinski definition) is 0. The molecule has 72 valence electrons. The van der Waals surface area contributed by atoms with E-state index in [9.17, 15) is 0 Å². The van der Waals surface area contributed by atoms with Crippen molar-refractivity contribution in [1.29, 1.82) is 0 Å². The molecule has 0 heterocycles. The Morgan fingerprint density at radius 1 is 1.00 bits per heavy atom. The molecule has 0 aliphatic heterocycles. The maximum Gasteiger partial charge on any atom is 0.0157 e. The van der Waals surface area contributed by atoms with E-state index in [1.807, 2.05) is 0 Å². The van der Waals surface area contributed by atoms with Crippen molar-refractivity contribution in [2.24, 2.45) is 23.7 Å². The minimum Gasteiger partial charge on any atom is -0.122 e. The summed E-state index contributed by atoms with van der Waals surface area (Å²) in [7, 11) is 0. The summed E-state index contributed by atoms with van der Waals surface area (Å²) in [6, 6.07) is 11.0. The molecule has 4 aliphatic rings. The van der Waals surface area contributed by atoms with Gasteiger partial charge in [0.2, 0.25) is 0 Å². The molecule has 4 fully saturated rings. The summed E-state index contributed by atoms with van der Waals surface area (Å²) in [4.78, 5) is 1.48. The van der Waals surface area contributed by atoms with Gasteiger partial charge in [-0.2, -0.15) is 0 Å². The Morgan fingerprint density at radius 3 is 2.29 bits per heavy atom. The molecule has 0 saturated heterocycles. The molecule has 0 nitrogen and oxygen atoms in total. The third-order valence-corrected chi connectivity index (χ3v) is 5.92. The summed E-state index contributed by atoms with van der Waals surface area (Å²) in [6.45, 7) is 0.